The van der Waals surface area contributed by atoms with Gasteiger partial charge in [-0.05, 0) is 30.9 Å². The van der Waals surface area contributed by atoms with Crippen molar-refractivity contribution in [2.24, 2.45) is 0 Å². The van der Waals surface area contributed by atoms with Crippen LogP contribution in [0.3, 0.4) is 0 Å². The molecule has 1 heterocycles. The molecule has 1 aromatic rings. The quantitative estimate of drug-likeness (QED) is 0.638. The Bertz CT molecular complexity index is 305. The third-order valence-electron chi connectivity index (χ3n) is 2.31. The lowest BCUT2D eigenvalue weighted by Gasteiger charge is -2.09. The second-order valence-electron chi connectivity index (χ2n) is 3.63. The average molecular weight is 181 g/mol. The van der Waals surface area contributed by atoms with E-state index in [9.17, 15) is 4.39 Å². The molecule has 0 aliphatic carbocycles. The monoisotopic (exact) mass is 181 g/mol. The molecule has 72 valence electrons. The van der Waals surface area contributed by atoms with Crippen LogP contribution in [-0.4, -0.2) is 4.98 Å². The molecule has 1 nitrogen and oxygen atoms in total. The fourth-order valence-electron chi connectivity index (χ4n) is 1.31. The fraction of sp³-hybridized carbons (Fsp3) is 0.545. The summed E-state index contributed by atoms with van der Waals surface area (Å²) >= 11 is 0. The first-order valence-corrected chi connectivity index (χ1v) is 4.72. The van der Waals surface area contributed by atoms with Crippen LogP contribution >= 0.6 is 0 Å². The molecule has 0 aliphatic heterocycles. The van der Waals surface area contributed by atoms with Crippen LogP contribution in [0.5, 0.6) is 0 Å². The molecular weight excluding hydrogens is 165 g/mol. The van der Waals surface area contributed by atoms with E-state index >= 15 is 0 Å². The number of aryl methyl sites for hydroxylation is 1. The van der Waals surface area contributed by atoms with Crippen molar-refractivity contribution in [3.05, 3.63) is 28.8 Å². The number of aromatic nitrogens is 1. The van der Waals surface area contributed by atoms with Gasteiger partial charge in [0, 0.05) is 11.3 Å². The highest BCUT2D eigenvalue weighted by molar-refractivity contribution is 5.27. The highest BCUT2D eigenvalue weighted by atomic mass is 19.1. The molecule has 1 aromatic heterocycles. The van der Waals surface area contributed by atoms with Gasteiger partial charge in [-0.3, -0.25) is 0 Å². The Morgan fingerprint density at radius 1 is 1.46 bits per heavy atom. The number of hydrogen-bond donors (Lipinski definition) is 0. The van der Waals surface area contributed by atoms with Gasteiger partial charge < -0.3 is 0 Å². The summed E-state index contributed by atoms with van der Waals surface area (Å²) in [6.07, 6.45) is 0.866. The first-order chi connectivity index (χ1) is 6.06. The largest absolute Gasteiger partial charge is 0.224 e. The van der Waals surface area contributed by atoms with Gasteiger partial charge in [0.2, 0.25) is 5.95 Å². The molecule has 0 spiro atoms. The minimum atomic E-state index is -0.317. The van der Waals surface area contributed by atoms with Crippen LogP contribution in [-0.2, 0) is 6.42 Å². The summed E-state index contributed by atoms with van der Waals surface area (Å²) in [6.45, 7) is 7.87. The summed E-state index contributed by atoms with van der Waals surface area (Å²) < 4.78 is 13.3. The molecule has 0 atom stereocenters. The second-order valence-corrected chi connectivity index (χ2v) is 3.63. The third-order valence-corrected chi connectivity index (χ3v) is 2.31. The summed E-state index contributed by atoms with van der Waals surface area (Å²) in [6, 6.07) is 2.00. The lowest BCUT2D eigenvalue weighted by atomic mass is 10.0. The summed E-state index contributed by atoms with van der Waals surface area (Å²) in [5.74, 6) is -0.0246. The number of nitrogens with zero attached hydrogens (tertiary/aromatic N) is 1. The van der Waals surface area contributed by atoms with Gasteiger partial charge in [0.15, 0.2) is 0 Å². The van der Waals surface area contributed by atoms with E-state index in [1.165, 1.54) is 0 Å². The van der Waals surface area contributed by atoms with Crippen molar-refractivity contribution in [1.82, 2.24) is 4.98 Å². The van der Waals surface area contributed by atoms with Crippen molar-refractivity contribution in [1.29, 1.82) is 0 Å². The average Bonchev–Trinajstić information content (AvgIpc) is 2.09. The van der Waals surface area contributed by atoms with Crippen LogP contribution in [0.15, 0.2) is 6.07 Å². The predicted molar refractivity (Wildman–Crippen MR) is 52.4 cm³/mol. The number of halogens is 1. The van der Waals surface area contributed by atoms with Crippen LogP contribution in [0, 0.1) is 12.9 Å². The fourth-order valence-corrected chi connectivity index (χ4v) is 1.31. The Labute approximate surface area is 79.0 Å². The zero-order valence-electron chi connectivity index (χ0n) is 8.69. The van der Waals surface area contributed by atoms with Gasteiger partial charge in [-0.25, -0.2) is 4.98 Å². The summed E-state index contributed by atoms with van der Waals surface area (Å²) in [7, 11) is 0. The van der Waals surface area contributed by atoms with Gasteiger partial charge in [0.25, 0.3) is 0 Å². The standard InChI is InChI=1S/C11H16FN/c1-5-9-6-10(7(2)3)13-11(12)8(9)4/h6-7H,5H2,1-4H3. The van der Waals surface area contributed by atoms with Crippen molar-refractivity contribution in [3.8, 4) is 0 Å². The molecule has 0 amide bonds. The van der Waals surface area contributed by atoms with E-state index in [2.05, 4.69) is 4.98 Å². The Kier molecular flexibility index (Phi) is 3.02. The SMILES string of the molecule is CCc1cc(C(C)C)nc(F)c1C. The summed E-state index contributed by atoms with van der Waals surface area (Å²) in [4.78, 5) is 3.91. The maximum absolute atomic E-state index is 13.3. The molecule has 13 heavy (non-hydrogen) atoms. The van der Waals surface area contributed by atoms with Crippen molar-refractivity contribution < 1.29 is 4.39 Å². The van der Waals surface area contributed by atoms with Crippen molar-refractivity contribution in [3.63, 3.8) is 0 Å². The molecule has 0 unspecified atom stereocenters. The Hall–Kier alpha value is -0.920. The Balaban J connectivity index is 3.22. The topological polar surface area (TPSA) is 12.9 Å². The summed E-state index contributed by atoms with van der Waals surface area (Å²) in [5, 5.41) is 0. The molecule has 0 saturated carbocycles. The maximum Gasteiger partial charge on any atom is 0.216 e. The van der Waals surface area contributed by atoms with Crippen LogP contribution in [0.1, 0.15) is 43.5 Å². The highest BCUT2D eigenvalue weighted by Gasteiger charge is 2.09. The van der Waals surface area contributed by atoms with E-state index in [1.54, 1.807) is 6.92 Å². The molecule has 1 rings (SSSR count). The van der Waals surface area contributed by atoms with Crippen LogP contribution < -0.4 is 0 Å². The van der Waals surface area contributed by atoms with Gasteiger partial charge >= 0.3 is 0 Å². The smallest absolute Gasteiger partial charge is 0.216 e. The van der Waals surface area contributed by atoms with E-state index in [-0.39, 0.29) is 5.95 Å². The minimum Gasteiger partial charge on any atom is -0.224 e. The zero-order chi connectivity index (χ0) is 10.0. The lowest BCUT2D eigenvalue weighted by molar-refractivity contribution is 0.559. The van der Waals surface area contributed by atoms with Gasteiger partial charge in [-0.2, -0.15) is 4.39 Å². The first-order valence-electron chi connectivity index (χ1n) is 4.72. The normalized spacial score (nSPS) is 10.9. The van der Waals surface area contributed by atoms with Crippen LogP contribution in [0.4, 0.5) is 4.39 Å². The van der Waals surface area contributed by atoms with E-state index in [1.807, 2.05) is 26.8 Å². The number of hydrogen-bond acceptors (Lipinski definition) is 1. The molecule has 0 aliphatic rings. The Morgan fingerprint density at radius 3 is 2.54 bits per heavy atom. The first kappa shape index (κ1) is 10.2. The third kappa shape index (κ3) is 2.06. The van der Waals surface area contributed by atoms with Crippen molar-refractivity contribution in [2.75, 3.05) is 0 Å². The number of pyridine rings is 1. The van der Waals surface area contributed by atoms with Gasteiger partial charge in [-0.1, -0.05) is 20.8 Å². The molecule has 0 N–H and O–H groups in total. The predicted octanol–water partition coefficient (Wildman–Crippen LogP) is 3.21. The summed E-state index contributed by atoms with van der Waals surface area (Å²) in [5.41, 5.74) is 2.60. The van der Waals surface area contributed by atoms with Crippen molar-refractivity contribution in [2.45, 2.75) is 40.0 Å². The van der Waals surface area contributed by atoms with Crippen molar-refractivity contribution >= 4 is 0 Å². The molecule has 0 bridgehead atoms. The molecule has 0 aromatic carbocycles. The van der Waals surface area contributed by atoms with E-state index in [0.717, 1.165) is 17.7 Å². The highest BCUT2D eigenvalue weighted by Crippen LogP contribution is 2.18. The van der Waals surface area contributed by atoms with Gasteiger partial charge in [0.1, 0.15) is 0 Å². The molecule has 0 fully saturated rings. The molecule has 0 radical (unpaired) electrons. The van der Waals surface area contributed by atoms with E-state index < -0.39 is 0 Å². The molecule has 2 heteroatoms. The molecular formula is C11H16FN. The zero-order valence-corrected chi connectivity index (χ0v) is 8.69. The second kappa shape index (κ2) is 3.86. The van der Waals surface area contributed by atoms with E-state index in [0.29, 0.717) is 11.5 Å². The van der Waals surface area contributed by atoms with Crippen LogP contribution in [0.2, 0.25) is 0 Å². The van der Waals surface area contributed by atoms with E-state index in [4.69, 9.17) is 0 Å². The minimum absolute atomic E-state index is 0.292. The maximum atomic E-state index is 13.3. The Morgan fingerprint density at radius 2 is 2.08 bits per heavy atom. The number of rotatable bonds is 2. The lowest BCUT2D eigenvalue weighted by Crippen LogP contribution is -2.01. The van der Waals surface area contributed by atoms with Gasteiger partial charge in [0.05, 0.1) is 0 Å². The van der Waals surface area contributed by atoms with Crippen LogP contribution in [0.25, 0.3) is 0 Å². The molecule has 0 saturated heterocycles. The van der Waals surface area contributed by atoms with Gasteiger partial charge in [-0.15, -0.1) is 0 Å².